The second kappa shape index (κ2) is 37.9. The molecule has 696 valence electrons. The Balaban J connectivity index is 0.000000140. The molecule has 18 rings (SSSR count). The molecule has 1 aliphatic heterocycles. The van der Waals surface area contributed by atoms with Crippen molar-refractivity contribution in [1.29, 1.82) is 0 Å². The van der Waals surface area contributed by atoms with Crippen LogP contribution in [0.5, 0.6) is 0 Å². The van der Waals surface area contributed by atoms with Gasteiger partial charge in [0, 0.05) is 59.9 Å². The second-order valence-electron chi connectivity index (χ2n) is 47.5. The highest BCUT2D eigenvalue weighted by atomic mass is 28.3. The van der Waals surface area contributed by atoms with E-state index >= 15 is 0 Å². The summed E-state index contributed by atoms with van der Waals surface area (Å²) in [7, 11) is 7.50. The van der Waals surface area contributed by atoms with E-state index in [1.54, 1.807) is 0 Å². The Morgan fingerprint density at radius 1 is 0.328 bits per heavy atom. The van der Waals surface area contributed by atoms with Gasteiger partial charge in [-0.1, -0.05) is 328 Å². The summed E-state index contributed by atoms with van der Waals surface area (Å²) in [6.07, 6.45) is 10.2. The first kappa shape index (κ1) is 92.6. The molecule has 0 radical (unpaired) electrons. The lowest BCUT2D eigenvalue weighted by Gasteiger charge is -2.33. The van der Waals surface area contributed by atoms with Crippen LogP contribution in [0.2, 0.25) is 25.2 Å². The number of nitrogens with zero attached hydrogens (tertiary/aromatic N) is 4. The van der Waals surface area contributed by atoms with Gasteiger partial charge in [-0.3, -0.25) is 0 Å². The molecule has 0 unspecified atom stereocenters. The molecule has 1 saturated carbocycles. The number of hydrogen-bond acceptors (Lipinski definition) is 0. The third-order valence-electron chi connectivity index (χ3n) is 30.8. The molecule has 2 fully saturated rings. The summed E-state index contributed by atoms with van der Waals surface area (Å²) in [6, 6.07) is 77.9. The average molecular weight is 1800 g/mol. The highest BCUT2D eigenvalue weighted by Crippen LogP contribution is 2.48. The Kier molecular flexibility index (Phi) is 26.2. The van der Waals surface area contributed by atoms with Crippen molar-refractivity contribution in [3.05, 3.63) is 308 Å². The summed E-state index contributed by atoms with van der Waals surface area (Å²) in [6.45, 7) is 66.1. The van der Waals surface area contributed by atoms with Gasteiger partial charge in [0.25, 0.3) is 0 Å². The van der Waals surface area contributed by atoms with Gasteiger partial charge in [0.2, 0.25) is 22.8 Å². The van der Waals surface area contributed by atoms with Crippen LogP contribution in [0.15, 0.2) is 218 Å². The molecule has 5 heteroatoms. The standard InChI is InChI=1S/C33H42NSi.C33H42N.C32H38N.C31H38N/c1-22-19-26-20-25(24-15-17-35(7,8)18-16-24)13-14-28(26)32(34(22)6)30-21-31(33(3,4)5)29-12-10-9-11-27(29)23(30)2;1-20(2)31(21(3)4)24-15-16-27-25(18-24)17-22(5)34(10)32(27)29-19-30(33(7,8)9)28-14-12-11-13-26(28)23(29)6;1-21-17-25-19-24(18-23-11-7-8-12-23)15-16-27(25)31(33(21)6)29-20-30(32(3,4)5)28-14-10-9-13-26(28)22(29)2;1-20-16-23-17-22(19-30(3,4)5)14-15-25(23)29(32(20)9)27-18-28(31(6,7)8)26-13-11-10-12-24(26)21(27)2/h9-14,19-21,24H,15-18H2,1-8H3;11-21,31H,1-10H3;9-10,13-17,19-20,23H,7-8,11-12,18H2,1-6H3;10-18H,19H2,1-9H3/q4*+1/i19D;2*17D;16D. The van der Waals surface area contributed by atoms with Gasteiger partial charge in [-0.15, -0.1) is 0 Å². The minimum atomic E-state index is -0.989. The van der Waals surface area contributed by atoms with Crippen molar-refractivity contribution in [1.82, 2.24) is 0 Å². The molecular formula is C129H160N4Si+4. The lowest BCUT2D eigenvalue weighted by molar-refractivity contribution is -0.665. The Hall–Kier alpha value is -10.5. The topological polar surface area (TPSA) is 15.5 Å². The van der Waals surface area contributed by atoms with Crippen molar-refractivity contribution in [2.24, 2.45) is 51.4 Å². The fourth-order valence-electron chi connectivity index (χ4n) is 23.0. The minimum Gasteiger partial charge on any atom is -0.198 e. The van der Waals surface area contributed by atoms with Gasteiger partial charge in [-0.2, -0.15) is 18.3 Å². The van der Waals surface area contributed by atoms with Gasteiger partial charge < -0.3 is 0 Å². The summed E-state index contributed by atoms with van der Waals surface area (Å²) in [5.41, 5.74) is 30.5. The van der Waals surface area contributed by atoms with Crippen molar-refractivity contribution < 1.29 is 23.8 Å². The highest BCUT2D eigenvalue weighted by molar-refractivity contribution is 6.77. The molecule has 0 bridgehead atoms. The van der Waals surface area contributed by atoms with Gasteiger partial charge in [0.1, 0.15) is 28.2 Å². The van der Waals surface area contributed by atoms with Crippen LogP contribution in [0.3, 0.4) is 0 Å². The number of aryl methyl sites for hydroxylation is 4. The van der Waals surface area contributed by atoms with Crippen molar-refractivity contribution in [3.8, 4) is 45.0 Å². The molecule has 1 saturated heterocycles. The van der Waals surface area contributed by atoms with Crippen molar-refractivity contribution in [2.75, 3.05) is 0 Å². The second-order valence-corrected chi connectivity index (χ2v) is 52.8. The summed E-state index contributed by atoms with van der Waals surface area (Å²) in [5.74, 6) is 3.04. The van der Waals surface area contributed by atoms with Gasteiger partial charge >= 0.3 is 0 Å². The quantitative estimate of drug-likeness (QED) is 0.0906. The summed E-state index contributed by atoms with van der Waals surface area (Å²) < 4.78 is 45.0. The van der Waals surface area contributed by atoms with Crippen LogP contribution in [0.1, 0.15) is 277 Å². The Morgan fingerprint density at radius 2 is 0.612 bits per heavy atom. The Labute approximate surface area is 813 Å². The van der Waals surface area contributed by atoms with E-state index in [1.165, 1.54) is 216 Å². The SMILES string of the molecule is [2H]c1c(C)[n+](C)c(-c2cc(C(C)(C)C)c3ccccc3c2C)c2ccc(C(C(C)C)C(C)C)cc12.[2H]c1c(C)[n+](C)c(-c2cc(C(C)(C)C)c3ccccc3c2C)c2ccc(C3CC[Si](C)(C)CC3)cc12.[2H]c1c(C)[n+](C)c(-c2cc(C(C)(C)C)c3ccccc3c2C)c2ccc(CC(C)(C)C)cc12.[2H]c1c(C)[n+](C)c(-c2cc(C(C)(C)C)c3ccccc3c2C)c2ccc(CC3CCCC3)cc12. The maximum atomic E-state index is 9.07. The number of aromatic nitrogens is 4. The maximum absolute atomic E-state index is 9.07. The van der Waals surface area contributed by atoms with Gasteiger partial charge in [-0.25, -0.2) is 0 Å². The van der Waals surface area contributed by atoms with Crippen LogP contribution in [0.25, 0.3) is 131 Å². The number of fused-ring (bicyclic) bond motifs is 8. The first-order valence-electron chi connectivity index (χ1n) is 52.5. The van der Waals surface area contributed by atoms with Crippen LogP contribution in [0.4, 0.5) is 0 Å². The molecule has 1 aliphatic carbocycles. The van der Waals surface area contributed by atoms with Crippen LogP contribution >= 0.6 is 0 Å². The fraction of sp³-hybridized carbons (Fsp3) is 0.411. The van der Waals surface area contributed by atoms with E-state index in [1.807, 2.05) is 0 Å². The first-order valence-corrected chi connectivity index (χ1v) is 53.9. The number of benzene rings is 12. The summed E-state index contributed by atoms with van der Waals surface area (Å²) in [5, 5.41) is 19.6. The lowest BCUT2D eigenvalue weighted by Crippen LogP contribution is -2.35. The van der Waals surface area contributed by atoms with Crippen LogP contribution in [-0.4, -0.2) is 8.07 Å². The van der Waals surface area contributed by atoms with E-state index in [4.69, 9.17) is 5.48 Å². The van der Waals surface area contributed by atoms with Crippen LogP contribution in [-0.2, 0) is 62.7 Å². The molecule has 0 N–H and O–H groups in total. The molecule has 5 heterocycles. The predicted octanol–water partition coefficient (Wildman–Crippen LogP) is 33.9. The van der Waals surface area contributed by atoms with Crippen molar-refractivity contribution in [3.63, 3.8) is 0 Å². The van der Waals surface area contributed by atoms with Gasteiger partial charge in [-0.05, 0) is 290 Å². The van der Waals surface area contributed by atoms with Crippen LogP contribution in [0, 0.1) is 78.6 Å². The minimum absolute atomic E-state index is 0.0236. The molecule has 16 aromatic rings. The molecule has 134 heavy (non-hydrogen) atoms. The molecule has 2 aliphatic rings. The zero-order valence-electron chi connectivity index (χ0n) is 92.2. The third kappa shape index (κ3) is 19.9. The van der Waals surface area contributed by atoms with E-state index in [0.717, 1.165) is 73.9 Å². The smallest absolute Gasteiger partial charge is 0.198 e. The molecule has 4 aromatic heterocycles. The summed E-state index contributed by atoms with van der Waals surface area (Å²) >= 11 is 0. The largest absolute Gasteiger partial charge is 0.220 e. The average Bonchev–Trinajstić information content (AvgIpc) is 1.15. The van der Waals surface area contributed by atoms with Crippen LogP contribution < -0.4 is 18.3 Å². The molecule has 12 aromatic carbocycles. The van der Waals surface area contributed by atoms with Gasteiger partial charge in [0.15, 0.2) is 22.8 Å². The molecule has 0 amide bonds. The lowest BCUT2D eigenvalue weighted by atomic mass is 9.79. The Bertz CT molecular complexity index is 7450. The van der Waals surface area contributed by atoms with Gasteiger partial charge in [0.05, 0.1) is 49.3 Å². The highest BCUT2D eigenvalue weighted by Gasteiger charge is 2.35. The first-order chi connectivity index (χ1) is 64.7. The van der Waals surface area contributed by atoms with E-state index in [9.17, 15) is 0 Å². The zero-order chi connectivity index (χ0) is 100. The monoisotopic (exact) mass is 1800 g/mol. The zero-order valence-corrected chi connectivity index (χ0v) is 89.2. The predicted molar refractivity (Wildman–Crippen MR) is 585 cm³/mol. The third-order valence-corrected chi connectivity index (χ3v) is 34.1. The van der Waals surface area contributed by atoms with Crippen molar-refractivity contribution in [2.45, 2.75) is 297 Å². The Morgan fingerprint density at radius 3 is 0.925 bits per heavy atom. The number of hydrogen-bond donors (Lipinski definition) is 0. The number of rotatable bonds is 11. The normalized spacial score (nSPS) is 14.7. The van der Waals surface area contributed by atoms with E-state index < -0.39 is 8.07 Å². The van der Waals surface area contributed by atoms with E-state index in [2.05, 4.69) is 441 Å². The fourth-order valence-corrected chi connectivity index (χ4v) is 25.5. The molecular weight excluding hydrogens is 1630 g/mol. The molecule has 0 spiro atoms. The molecule has 4 nitrogen and oxygen atoms in total. The van der Waals surface area contributed by atoms with E-state index in [-0.39, 0.29) is 27.1 Å². The van der Waals surface area contributed by atoms with Crippen molar-refractivity contribution >= 4 is 94.3 Å². The molecule has 0 atom stereocenters. The van der Waals surface area contributed by atoms with E-state index in [0.29, 0.717) is 47.8 Å². The summed E-state index contributed by atoms with van der Waals surface area (Å²) in [4.78, 5) is 0. The maximum Gasteiger partial charge on any atom is 0.220 e. The number of pyridine rings is 4.